The van der Waals surface area contributed by atoms with Gasteiger partial charge in [-0.2, -0.15) is 0 Å². The summed E-state index contributed by atoms with van der Waals surface area (Å²) in [6, 6.07) is 0. The zero-order valence-electron chi connectivity index (χ0n) is 11.6. The van der Waals surface area contributed by atoms with Crippen LogP contribution in [0.5, 0.6) is 0 Å². The third-order valence-corrected chi connectivity index (χ3v) is 4.04. The fraction of sp³-hybridized carbons (Fsp3) is 1.00. The lowest BCUT2D eigenvalue weighted by Gasteiger charge is -2.21. The first kappa shape index (κ1) is 17.3. The van der Waals surface area contributed by atoms with Gasteiger partial charge in [-0.05, 0) is 41.7 Å². The molecule has 0 aromatic carbocycles. The van der Waals surface area contributed by atoms with Crippen molar-refractivity contribution < 1.29 is 0 Å². The van der Waals surface area contributed by atoms with Gasteiger partial charge < -0.3 is 0 Å². The monoisotopic (exact) mass is 280 g/mol. The van der Waals surface area contributed by atoms with E-state index < -0.39 is 0 Å². The molecule has 0 fully saturated rings. The molecule has 16 heavy (non-hydrogen) atoms. The molecule has 3 atom stereocenters. The number of hydrogen-bond donors (Lipinski definition) is 0. The van der Waals surface area contributed by atoms with E-state index in [4.69, 9.17) is 0 Å². The summed E-state index contributed by atoms with van der Waals surface area (Å²) in [5.74, 6) is 0. The van der Waals surface area contributed by atoms with Crippen molar-refractivity contribution in [2.45, 2.75) is 82.2 Å². The van der Waals surface area contributed by atoms with Crippen molar-refractivity contribution in [1.82, 2.24) is 0 Å². The van der Waals surface area contributed by atoms with Crippen LogP contribution in [0.1, 0.15) is 66.2 Å². The highest BCUT2D eigenvalue weighted by atomic mass is 31.0. The van der Waals surface area contributed by atoms with Crippen LogP contribution in [0, 0.1) is 0 Å². The van der Waals surface area contributed by atoms with Gasteiger partial charge in [-0.15, -0.1) is 27.7 Å². The molecule has 3 heteroatoms. The summed E-state index contributed by atoms with van der Waals surface area (Å²) >= 11 is 0. The summed E-state index contributed by atoms with van der Waals surface area (Å²) in [7, 11) is 8.91. The molecule has 0 radical (unpaired) electrons. The maximum Gasteiger partial charge on any atom is -0.0206 e. The van der Waals surface area contributed by atoms with Crippen LogP contribution in [-0.4, -0.2) is 16.0 Å². The maximum absolute atomic E-state index is 3.03. The van der Waals surface area contributed by atoms with E-state index in [9.17, 15) is 0 Å². The molecule has 0 aromatic rings. The molecule has 0 heterocycles. The summed E-state index contributed by atoms with van der Waals surface area (Å²) in [5.41, 5.74) is 0.819. The Labute approximate surface area is 110 Å². The van der Waals surface area contributed by atoms with Crippen LogP contribution in [0.15, 0.2) is 0 Å². The van der Waals surface area contributed by atoms with Crippen LogP contribution in [0.2, 0.25) is 0 Å². The molecule has 0 N–H and O–H groups in total. The Morgan fingerprint density at radius 1 is 0.812 bits per heavy atom. The van der Waals surface area contributed by atoms with Crippen LogP contribution < -0.4 is 0 Å². The summed E-state index contributed by atoms with van der Waals surface area (Å²) in [6.07, 6.45) is 8.07. The summed E-state index contributed by atoms with van der Waals surface area (Å²) < 4.78 is 0. The maximum atomic E-state index is 3.03. The molecule has 0 nitrogen and oxygen atoms in total. The van der Waals surface area contributed by atoms with Crippen molar-refractivity contribution in [3.63, 3.8) is 0 Å². The lowest BCUT2D eigenvalue weighted by molar-refractivity contribution is 0.525. The number of hydrogen-bond acceptors (Lipinski definition) is 0. The largest absolute Gasteiger partial charge is 0.134 e. The highest BCUT2D eigenvalue weighted by Gasteiger charge is 2.13. The quantitative estimate of drug-likeness (QED) is 0.556. The smallest absolute Gasteiger partial charge is 0.0206 e. The minimum absolute atomic E-state index is 0.423. The topological polar surface area (TPSA) is 0 Å². The molecule has 0 saturated heterocycles. The second kappa shape index (κ2) is 7.67. The van der Waals surface area contributed by atoms with Gasteiger partial charge in [0, 0.05) is 0 Å². The normalized spacial score (nSPS) is 13.5. The first-order chi connectivity index (χ1) is 7.10. The van der Waals surface area contributed by atoms with E-state index in [0.29, 0.717) is 10.3 Å². The molecule has 0 aliphatic carbocycles. The van der Waals surface area contributed by atoms with Crippen molar-refractivity contribution in [2.75, 3.05) is 0 Å². The van der Waals surface area contributed by atoms with E-state index in [1.54, 1.807) is 0 Å². The highest BCUT2D eigenvalue weighted by molar-refractivity contribution is 7.19. The summed E-state index contributed by atoms with van der Waals surface area (Å²) in [6.45, 7) is 9.19. The first-order valence-electron chi connectivity index (χ1n) is 6.43. The van der Waals surface area contributed by atoms with Gasteiger partial charge in [0.2, 0.25) is 0 Å². The fourth-order valence-electron chi connectivity index (χ4n) is 1.78. The molecule has 0 aromatic heterocycles. The van der Waals surface area contributed by atoms with Crippen molar-refractivity contribution in [3.05, 3.63) is 0 Å². The molecule has 0 spiro atoms. The van der Waals surface area contributed by atoms with E-state index in [0.717, 1.165) is 5.66 Å². The molecule has 0 amide bonds. The highest BCUT2D eigenvalue weighted by Crippen LogP contribution is 2.28. The lowest BCUT2D eigenvalue weighted by Crippen LogP contribution is -2.11. The Morgan fingerprint density at radius 2 is 1.12 bits per heavy atom. The van der Waals surface area contributed by atoms with Crippen molar-refractivity contribution >= 4 is 27.7 Å². The second-order valence-electron chi connectivity index (χ2n) is 6.52. The predicted molar refractivity (Wildman–Crippen MR) is 88.8 cm³/mol. The van der Waals surface area contributed by atoms with E-state index in [2.05, 4.69) is 55.4 Å². The SMILES string of the molecule is CC(C)(P)CCCC(P)CCCC(C)(C)P. The molecular formula is C13H31P3. The minimum Gasteiger partial charge on any atom is -0.134 e. The third-order valence-electron chi connectivity index (χ3n) is 2.79. The summed E-state index contributed by atoms with van der Waals surface area (Å²) in [5, 5.41) is 0.846. The van der Waals surface area contributed by atoms with Gasteiger partial charge in [-0.25, -0.2) is 0 Å². The molecular weight excluding hydrogens is 249 g/mol. The molecule has 0 aliphatic rings. The van der Waals surface area contributed by atoms with E-state index in [1.807, 2.05) is 0 Å². The Hall–Kier alpha value is 1.29. The van der Waals surface area contributed by atoms with Gasteiger partial charge in [0.25, 0.3) is 0 Å². The standard InChI is InChI=1S/C13H31P3/c1-12(2,15)9-5-7-11(14)8-6-10-13(3,4)16/h11H,5-10,14-16H2,1-4H3. The van der Waals surface area contributed by atoms with Crippen LogP contribution in [0.25, 0.3) is 0 Å². The van der Waals surface area contributed by atoms with Gasteiger partial charge in [0.1, 0.15) is 0 Å². The van der Waals surface area contributed by atoms with Crippen LogP contribution in [0.4, 0.5) is 0 Å². The van der Waals surface area contributed by atoms with Gasteiger partial charge in [-0.3, -0.25) is 0 Å². The molecule has 0 saturated carbocycles. The molecule has 0 bridgehead atoms. The van der Waals surface area contributed by atoms with Gasteiger partial charge in [0.15, 0.2) is 0 Å². The van der Waals surface area contributed by atoms with Crippen molar-refractivity contribution in [1.29, 1.82) is 0 Å². The minimum atomic E-state index is 0.423. The number of rotatable bonds is 8. The zero-order chi connectivity index (χ0) is 12.8. The van der Waals surface area contributed by atoms with Crippen molar-refractivity contribution in [3.8, 4) is 0 Å². The Morgan fingerprint density at radius 3 is 1.38 bits per heavy atom. The Balaban J connectivity index is 3.49. The zero-order valence-corrected chi connectivity index (χ0v) is 15.0. The molecule has 3 unspecified atom stereocenters. The summed E-state index contributed by atoms with van der Waals surface area (Å²) in [4.78, 5) is 0. The average Bonchev–Trinajstić information content (AvgIpc) is 1.98. The van der Waals surface area contributed by atoms with Gasteiger partial charge in [0.05, 0.1) is 0 Å². The second-order valence-corrected chi connectivity index (χ2v) is 10.6. The molecule has 0 aliphatic heterocycles. The van der Waals surface area contributed by atoms with E-state index in [1.165, 1.54) is 38.5 Å². The van der Waals surface area contributed by atoms with Gasteiger partial charge in [-0.1, -0.05) is 40.5 Å². The Kier molecular flexibility index (Phi) is 8.28. The fourth-order valence-corrected chi connectivity index (χ4v) is 2.66. The lowest BCUT2D eigenvalue weighted by atomic mass is 10.00. The van der Waals surface area contributed by atoms with Crippen molar-refractivity contribution in [2.24, 2.45) is 0 Å². The van der Waals surface area contributed by atoms with E-state index in [-0.39, 0.29) is 0 Å². The van der Waals surface area contributed by atoms with Gasteiger partial charge >= 0.3 is 0 Å². The van der Waals surface area contributed by atoms with Crippen LogP contribution >= 0.6 is 27.7 Å². The molecule has 0 rings (SSSR count). The molecule has 98 valence electrons. The predicted octanol–water partition coefficient (Wildman–Crippen LogP) is 4.88. The van der Waals surface area contributed by atoms with Crippen LogP contribution in [0.3, 0.4) is 0 Å². The van der Waals surface area contributed by atoms with E-state index >= 15 is 0 Å². The Bertz CT molecular complexity index is 157. The average molecular weight is 280 g/mol. The first-order valence-corrected chi connectivity index (χ1v) is 8.26. The third kappa shape index (κ3) is 13.4. The van der Waals surface area contributed by atoms with Crippen LogP contribution in [-0.2, 0) is 0 Å².